The summed E-state index contributed by atoms with van der Waals surface area (Å²) in [5.41, 5.74) is 2.14. The molecular weight excluding hydrogens is 572 g/mol. The Balaban J connectivity index is 0.000000152. The van der Waals surface area contributed by atoms with Crippen LogP contribution >= 0.6 is 45.8 Å². The van der Waals surface area contributed by atoms with E-state index in [4.69, 9.17) is 23.2 Å². The number of hydrogen-bond donors (Lipinski definition) is 2. The quantitative estimate of drug-likeness (QED) is 0.275. The minimum absolute atomic E-state index is 0.195. The van der Waals surface area contributed by atoms with Gasteiger partial charge >= 0.3 is 0 Å². The van der Waals surface area contributed by atoms with Crippen LogP contribution in [0.3, 0.4) is 0 Å². The van der Waals surface area contributed by atoms with Gasteiger partial charge in [0.25, 0.3) is 0 Å². The normalized spacial score (nSPS) is 18.4. The van der Waals surface area contributed by atoms with Gasteiger partial charge in [-0.2, -0.15) is 0 Å². The highest BCUT2D eigenvalue weighted by atomic mass is 127. The van der Waals surface area contributed by atoms with Gasteiger partial charge in [-0.05, 0) is 52.9 Å². The number of halogens is 3. The van der Waals surface area contributed by atoms with Crippen LogP contribution < -0.4 is 0 Å². The number of benzene rings is 3. The number of fused-ring (bicyclic) bond motifs is 4. The second-order valence-corrected chi connectivity index (χ2v) is 9.68. The molecule has 33 heavy (non-hydrogen) atoms. The van der Waals surface area contributed by atoms with Gasteiger partial charge in [-0.1, -0.05) is 59.6 Å². The first-order valence-corrected chi connectivity index (χ1v) is 12.1. The fourth-order valence-electron chi connectivity index (χ4n) is 4.27. The van der Waals surface area contributed by atoms with E-state index < -0.39 is 5.72 Å². The Labute approximate surface area is 214 Å². The number of amidine groups is 1. The molecule has 6 rings (SSSR count). The number of phenolic OH excluding ortho intramolecular Hbond substituents is 1. The van der Waals surface area contributed by atoms with Crippen LogP contribution in [0.2, 0.25) is 10.0 Å². The lowest BCUT2D eigenvalue weighted by molar-refractivity contribution is -0.0242. The Morgan fingerprint density at radius 3 is 2.55 bits per heavy atom. The molecule has 8 heteroatoms. The lowest BCUT2D eigenvalue weighted by Gasteiger charge is -2.33. The van der Waals surface area contributed by atoms with Gasteiger partial charge in [0.1, 0.15) is 11.4 Å². The van der Waals surface area contributed by atoms with Gasteiger partial charge in [-0.3, -0.25) is 9.98 Å². The van der Waals surface area contributed by atoms with Crippen molar-refractivity contribution >= 4 is 62.5 Å². The molecule has 2 aliphatic rings. The molecule has 0 saturated heterocycles. The number of rotatable bonds is 1. The second kappa shape index (κ2) is 8.76. The van der Waals surface area contributed by atoms with Gasteiger partial charge in [-0.25, -0.2) is 0 Å². The van der Waals surface area contributed by atoms with Crippen LogP contribution in [0.1, 0.15) is 16.7 Å². The molecule has 2 aliphatic heterocycles. The van der Waals surface area contributed by atoms with E-state index in [1.165, 1.54) is 0 Å². The zero-order valence-electron chi connectivity index (χ0n) is 17.2. The minimum Gasteiger partial charge on any atom is -0.505 e. The standard InChI is InChI=1S/C16H13ClN2O.C9H5ClINO/c17-12-7-5-11(6-8-12)16(20)14-4-2-1-3-13(14)15-18-9-10-19(15)16;10-6-4-7(11)9(13)8-5(6)2-1-3-12-8/h1-8,20H,9-10H2;1-4,13H. The summed E-state index contributed by atoms with van der Waals surface area (Å²) >= 11 is 14.0. The van der Waals surface area contributed by atoms with Crippen LogP contribution in [0.4, 0.5) is 0 Å². The average molecular weight is 590 g/mol. The molecule has 0 saturated carbocycles. The van der Waals surface area contributed by atoms with Gasteiger partial charge in [-0.15, -0.1) is 0 Å². The number of phenols is 1. The van der Waals surface area contributed by atoms with E-state index in [2.05, 4.69) is 9.98 Å². The van der Waals surface area contributed by atoms with E-state index in [1.54, 1.807) is 18.3 Å². The van der Waals surface area contributed by atoms with Gasteiger partial charge in [0.15, 0.2) is 11.5 Å². The van der Waals surface area contributed by atoms with Crippen molar-refractivity contribution in [3.63, 3.8) is 0 Å². The van der Waals surface area contributed by atoms with Crippen molar-refractivity contribution in [3.05, 3.63) is 103 Å². The van der Waals surface area contributed by atoms with Crippen LogP contribution in [-0.4, -0.2) is 39.0 Å². The first-order chi connectivity index (χ1) is 15.9. The molecule has 0 spiro atoms. The SMILES string of the molecule is OC1(c2ccc(Cl)cc2)c2ccccc2C2=NCCN21.Oc1c(I)cc(Cl)c2cccnc12. The highest BCUT2D eigenvalue weighted by molar-refractivity contribution is 14.1. The van der Waals surface area contributed by atoms with E-state index >= 15 is 0 Å². The topological polar surface area (TPSA) is 69.0 Å². The Morgan fingerprint density at radius 2 is 1.76 bits per heavy atom. The maximum absolute atomic E-state index is 11.4. The second-order valence-electron chi connectivity index (χ2n) is 7.67. The maximum Gasteiger partial charge on any atom is 0.193 e. The fourth-order valence-corrected chi connectivity index (χ4v) is 5.41. The largest absolute Gasteiger partial charge is 0.505 e. The third-order valence-corrected chi connectivity index (χ3v) is 7.18. The third kappa shape index (κ3) is 3.75. The summed E-state index contributed by atoms with van der Waals surface area (Å²) in [4.78, 5) is 10.6. The lowest BCUT2D eigenvalue weighted by atomic mass is 9.94. The highest BCUT2D eigenvalue weighted by Crippen LogP contribution is 2.43. The molecule has 3 aromatic carbocycles. The molecule has 1 unspecified atom stereocenters. The Bertz CT molecular complexity index is 1390. The maximum atomic E-state index is 11.4. The van der Waals surface area contributed by atoms with Crippen molar-refractivity contribution in [3.8, 4) is 5.75 Å². The monoisotopic (exact) mass is 589 g/mol. The predicted molar refractivity (Wildman–Crippen MR) is 140 cm³/mol. The molecule has 1 aromatic heterocycles. The number of pyridine rings is 1. The van der Waals surface area contributed by atoms with Crippen molar-refractivity contribution in [2.24, 2.45) is 4.99 Å². The number of aliphatic imine (C=N–C) groups is 1. The van der Waals surface area contributed by atoms with Crippen molar-refractivity contribution in [1.82, 2.24) is 9.88 Å². The summed E-state index contributed by atoms with van der Waals surface area (Å²) < 4.78 is 0.716. The van der Waals surface area contributed by atoms with Gasteiger partial charge in [0.2, 0.25) is 0 Å². The number of aromatic nitrogens is 1. The number of aromatic hydroxyl groups is 1. The Morgan fingerprint density at radius 1 is 1.00 bits per heavy atom. The van der Waals surface area contributed by atoms with Gasteiger partial charge in [0.05, 0.1) is 15.1 Å². The zero-order chi connectivity index (χ0) is 23.2. The number of aliphatic hydroxyl groups is 1. The number of hydrogen-bond acceptors (Lipinski definition) is 5. The molecule has 0 fully saturated rings. The molecule has 5 nitrogen and oxygen atoms in total. The van der Waals surface area contributed by atoms with Crippen molar-refractivity contribution in [2.45, 2.75) is 5.72 Å². The zero-order valence-corrected chi connectivity index (χ0v) is 20.9. The van der Waals surface area contributed by atoms with Crippen molar-refractivity contribution < 1.29 is 10.2 Å². The van der Waals surface area contributed by atoms with Crippen LogP contribution in [0.25, 0.3) is 10.9 Å². The first-order valence-electron chi connectivity index (χ1n) is 10.2. The highest BCUT2D eigenvalue weighted by Gasteiger charge is 2.49. The Hall–Kier alpha value is -2.39. The van der Waals surface area contributed by atoms with Crippen LogP contribution in [0, 0.1) is 3.57 Å². The third-order valence-electron chi connectivity index (χ3n) is 5.79. The van der Waals surface area contributed by atoms with Crippen LogP contribution in [-0.2, 0) is 5.72 Å². The van der Waals surface area contributed by atoms with Crippen molar-refractivity contribution in [2.75, 3.05) is 13.1 Å². The molecule has 0 amide bonds. The molecule has 3 heterocycles. The summed E-state index contributed by atoms with van der Waals surface area (Å²) in [6.07, 6.45) is 1.63. The molecule has 0 bridgehead atoms. The average Bonchev–Trinajstić information content (AvgIpc) is 3.41. The predicted octanol–water partition coefficient (Wildman–Crippen LogP) is 5.81. The van der Waals surface area contributed by atoms with E-state index in [0.717, 1.165) is 41.0 Å². The summed E-state index contributed by atoms with van der Waals surface area (Å²) in [6, 6.07) is 20.6. The lowest BCUT2D eigenvalue weighted by Crippen LogP contribution is -2.43. The van der Waals surface area contributed by atoms with Crippen molar-refractivity contribution in [1.29, 1.82) is 0 Å². The first kappa shape index (κ1) is 22.4. The van der Waals surface area contributed by atoms with E-state index in [-0.39, 0.29) is 5.75 Å². The molecule has 2 N–H and O–H groups in total. The van der Waals surface area contributed by atoms with Gasteiger partial charge in [0, 0.05) is 39.8 Å². The van der Waals surface area contributed by atoms with Crippen LogP contribution in [0.15, 0.2) is 77.9 Å². The summed E-state index contributed by atoms with van der Waals surface area (Å²) in [6.45, 7) is 1.45. The van der Waals surface area contributed by atoms with E-state index in [1.807, 2.05) is 82.1 Å². The van der Waals surface area contributed by atoms with E-state index in [0.29, 0.717) is 19.1 Å². The Kier molecular flexibility index (Phi) is 5.95. The summed E-state index contributed by atoms with van der Waals surface area (Å²) in [5.74, 6) is 1.08. The molecule has 4 aromatic rings. The van der Waals surface area contributed by atoms with E-state index in [9.17, 15) is 10.2 Å². The van der Waals surface area contributed by atoms with Crippen LogP contribution in [0.5, 0.6) is 5.75 Å². The molecule has 0 radical (unpaired) electrons. The smallest absolute Gasteiger partial charge is 0.193 e. The summed E-state index contributed by atoms with van der Waals surface area (Å²) in [7, 11) is 0. The number of nitrogens with zero attached hydrogens (tertiary/aromatic N) is 3. The minimum atomic E-state index is -1.14. The summed E-state index contributed by atoms with van der Waals surface area (Å²) in [5, 5.41) is 23.1. The molecular formula is C25H18Cl2IN3O2. The molecule has 1 atom stereocenters. The fraction of sp³-hybridized carbons (Fsp3) is 0.120. The van der Waals surface area contributed by atoms with Gasteiger partial charge < -0.3 is 15.1 Å². The molecule has 166 valence electrons. The molecule has 0 aliphatic carbocycles.